The van der Waals surface area contributed by atoms with Gasteiger partial charge < -0.3 is 10.2 Å². The third-order valence-corrected chi connectivity index (χ3v) is 7.60. The first-order valence-electron chi connectivity index (χ1n) is 11.0. The van der Waals surface area contributed by atoms with Gasteiger partial charge in [-0.25, -0.2) is 14.4 Å². The second-order valence-corrected chi connectivity index (χ2v) is 9.80. The van der Waals surface area contributed by atoms with Gasteiger partial charge in [0, 0.05) is 42.9 Å². The number of benzene rings is 1. The van der Waals surface area contributed by atoms with Gasteiger partial charge in [0.1, 0.15) is 16.5 Å². The molecule has 2 aromatic heterocycles. The summed E-state index contributed by atoms with van der Waals surface area (Å²) in [7, 11) is 0. The number of hydrogen-bond donors (Lipinski definition) is 1. The van der Waals surface area contributed by atoms with E-state index >= 15 is 0 Å². The number of carbonyl (C=O) groups excluding carboxylic acids is 2. The van der Waals surface area contributed by atoms with Crippen LogP contribution in [-0.4, -0.2) is 45.5 Å². The lowest BCUT2D eigenvalue weighted by Gasteiger charge is -2.31. The molecular formula is C25H25FN4O2S2. The van der Waals surface area contributed by atoms with Crippen molar-refractivity contribution in [1.29, 1.82) is 0 Å². The molecule has 1 saturated heterocycles. The minimum atomic E-state index is -0.306. The van der Waals surface area contributed by atoms with Crippen LogP contribution in [0.4, 0.5) is 4.39 Å². The molecule has 0 aliphatic carbocycles. The Balaban J connectivity index is 1.31. The Morgan fingerprint density at radius 2 is 2.00 bits per heavy atom. The van der Waals surface area contributed by atoms with Crippen LogP contribution in [0.5, 0.6) is 0 Å². The predicted octanol–water partition coefficient (Wildman–Crippen LogP) is 4.91. The van der Waals surface area contributed by atoms with E-state index in [0.717, 1.165) is 28.4 Å². The van der Waals surface area contributed by atoms with E-state index in [1.807, 2.05) is 11.0 Å². The highest BCUT2D eigenvalue weighted by Crippen LogP contribution is 2.31. The zero-order chi connectivity index (χ0) is 23.9. The first-order valence-corrected chi connectivity index (χ1v) is 12.9. The molecule has 0 saturated carbocycles. The van der Waals surface area contributed by atoms with Crippen molar-refractivity contribution in [1.82, 2.24) is 20.2 Å². The Labute approximate surface area is 206 Å². The molecule has 0 unspecified atom stereocenters. The molecule has 0 atom stereocenters. The summed E-state index contributed by atoms with van der Waals surface area (Å²) in [5.74, 6) is 0.359. The van der Waals surface area contributed by atoms with E-state index in [0.29, 0.717) is 36.6 Å². The van der Waals surface area contributed by atoms with Gasteiger partial charge in [-0.1, -0.05) is 18.2 Å². The fraction of sp³-hybridized carbons (Fsp3) is 0.280. The summed E-state index contributed by atoms with van der Waals surface area (Å²) in [6, 6.07) is 9.64. The molecule has 1 aliphatic heterocycles. The lowest BCUT2D eigenvalue weighted by molar-refractivity contribution is 0.0708. The quantitative estimate of drug-likeness (QED) is 0.354. The minimum Gasteiger partial charge on any atom is -0.347 e. The van der Waals surface area contributed by atoms with Crippen LogP contribution in [-0.2, 0) is 6.54 Å². The predicted molar refractivity (Wildman–Crippen MR) is 133 cm³/mol. The van der Waals surface area contributed by atoms with Crippen LogP contribution in [0.25, 0.3) is 0 Å². The fourth-order valence-corrected chi connectivity index (χ4v) is 5.45. The normalized spacial score (nSPS) is 14.1. The molecule has 6 nitrogen and oxygen atoms in total. The number of aromatic nitrogens is 2. The van der Waals surface area contributed by atoms with E-state index in [1.54, 1.807) is 35.9 Å². The summed E-state index contributed by atoms with van der Waals surface area (Å²) in [4.78, 5) is 36.3. The van der Waals surface area contributed by atoms with Crippen molar-refractivity contribution in [3.63, 3.8) is 0 Å². The molecule has 34 heavy (non-hydrogen) atoms. The van der Waals surface area contributed by atoms with Crippen LogP contribution >= 0.6 is 23.1 Å². The Bertz CT molecular complexity index is 1160. The van der Waals surface area contributed by atoms with Crippen molar-refractivity contribution in [3.8, 4) is 0 Å². The van der Waals surface area contributed by atoms with Crippen LogP contribution in [0.1, 0.15) is 50.2 Å². The summed E-state index contributed by atoms with van der Waals surface area (Å²) in [6.07, 6.45) is 5.09. The van der Waals surface area contributed by atoms with Crippen molar-refractivity contribution in [2.75, 3.05) is 18.8 Å². The summed E-state index contributed by atoms with van der Waals surface area (Å²) in [5.41, 5.74) is 1.84. The smallest absolute Gasteiger partial charge is 0.271 e. The molecule has 9 heteroatoms. The van der Waals surface area contributed by atoms with E-state index in [1.165, 1.54) is 35.2 Å². The largest absolute Gasteiger partial charge is 0.347 e. The molecule has 4 rings (SSSR count). The van der Waals surface area contributed by atoms with Crippen molar-refractivity contribution in [2.24, 2.45) is 0 Å². The van der Waals surface area contributed by atoms with Gasteiger partial charge in [-0.3, -0.25) is 9.59 Å². The highest BCUT2D eigenvalue weighted by Gasteiger charge is 2.28. The number of pyridine rings is 1. The van der Waals surface area contributed by atoms with Gasteiger partial charge >= 0.3 is 0 Å². The second kappa shape index (κ2) is 11.4. The summed E-state index contributed by atoms with van der Waals surface area (Å²) in [5, 5.41) is 6.24. The zero-order valence-electron chi connectivity index (χ0n) is 18.6. The van der Waals surface area contributed by atoms with Crippen molar-refractivity contribution in [3.05, 3.63) is 88.3 Å². The molecule has 1 aromatic carbocycles. The average Bonchev–Trinajstić information content (AvgIpc) is 3.37. The van der Waals surface area contributed by atoms with Crippen LogP contribution in [0.15, 0.2) is 65.7 Å². The van der Waals surface area contributed by atoms with Gasteiger partial charge in [0.15, 0.2) is 0 Å². The van der Waals surface area contributed by atoms with E-state index in [-0.39, 0.29) is 23.5 Å². The van der Waals surface area contributed by atoms with Crippen LogP contribution in [0.2, 0.25) is 0 Å². The van der Waals surface area contributed by atoms with E-state index in [4.69, 9.17) is 0 Å². The number of likely N-dealkylation sites (tertiary alicyclic amines) is 1. The maximum absolute atomic E-state index is 13.1. The number of nitrogens with one attached hydrogen (secondary N) is 1. The maximum atomic E-state index is 13.1. The minimum absolute atomic E-state index is 0.00175. The summed E-state index contributed by atoms with van der Waals surface area (Å²) >= 11 is 2.98. The Hall–Kier alpha value is -3.04. The molecule has 176 valence electrons. The number of nitrogens with zero attached hydrogens (tertiary/aromatic N) is 3. The topological polar surface area (TPSA) is 75.2 Å². The van der Waals surface area contributed by atoms with Gasteiger partial charge in [-0.15, -0.1) is 29.7 Å². The van der Waals surface area contributed by atoms with E-state index < -0.39 is 0 Å². The number of thioether (sulfide) groups is 1. The third-order valence-electron chi connectivity index (χ3n) is 5.59. The van der Waals surface area contributed by atoms with Gasteiger partial charge in [-0.05, 0) is 42.7 Å². The standard InChI is InChI=1S/C25H25FN4O2S2/c1-2-14-33-24-20(4-3-11-27-24)25(32)30-12-9-18(10-13-30)23-29-21(16-34-23)22(31)28-15-17-5-7-19(26)8-6-17/h2-8,11,16,18H,1,9-10,12-15H2,(H,28,31). The van der Waals surface area contributed by atoms with Crippen molar-refractivity contribution >= 4 is 34.9 Å². The van der Waals surface area contributed by atoms with Crippen molar-refractivity contribution < 1.29 is 14.0 Å². The van der Waals surface area contributed by atoms with E-state index in [2.05, 4.69) is 21.9 Å². The Morgan fingerprint density at radius 3 is 2.74 bits per heavy atom. The number of thiazole rings is 1. The molecule has 3 heterocycles. The number of halogens is 1. The Kier molecular flexibility index (Phi) is 8.08. The first-order chi connectivity index (χ1) is 16.5. The lowest BCUT2D eigenvalue weighted by atomic mass is 9.97. The van der Waals surface area contributed by atoms with Gasteiger partial charge in [-0.2, -0.15) is 0 Å². The van der Waals surface area contributed by atoms with Gasteiger partial charge in [0.25, 0.3) is 11.8 Å². The molecule has 0 bridgehead atoms. The third kappa shape index (κ3) is 5.90. The molecule has 3 aromatic rings. The molecule has 1 aliphatic rings. The highest BCUT2D eigenvalue weighted by atomic mass is 32.2. The SMILES string of the molecule is C=CCSc1ncccc1C(=O)N1CCC(c2nc(C(=O)NCc3ccc(F)cc3)cs2)CC1. The zero-order valence-corrected chi connectivity index (χ0v) is 20.2. The average molecular weight is 497 g/mol. The first kappa shape index (κ1) is 24.1. The van der Waals surface area contributed by atoms with Crippen LogP contribution < -0.4 is 5.32 Å². The number of piperidine rings is 1. The van der Waals surface area contributed by atoms with Gasteiger partial charge in [0.05, 0.1) is 10.6 Å². The molecule has 1 N–H and O–H groups in total. The maximum Gasteiger partial charge on any atom is 0.271 e. The number of rotatable bonds is 8. The number of hydrogen-bond acceptors (Lipinski definition) is 6. The fourth-order valence-electron chi connectivity index (χ4n) is 3.76. The van der Waals surface area contributed by atoms with Crippen LogP contribution in [0.3, 0.4) is 0 Å². The molecular weight excluding hydrogens is 471 g/mol. The monoisotopic (exact) mass is 496 g/mol. The van der Waals surface area contributed by atoms with E-state index in [9.17, 15) is 14.0 Å². The molecule has 0 spiro atoms. The Morgan fingerprint density at radius 1 is 1.24 bits per heavy atom. The number of carbonyl (C=O) groups is 2. The highest BCUT2D eigenvalue weighted by molar-refractivity contribution is 7.99. The molecule has 0 radical (unpaired) electrons. The lowest BCUT2D eigenvalue weighted by Crippen LogP contribution is -2.38. The summed E-state index contributed by atoms with van der Waals surface area (Å²) < 4.78 is 13.0. The summed E-state index contributed by atoms with van der Waals surface area (Å²) in [6.45, 7) is 5.31. The molecule has 2 amide bonds. The number of amides is 2. The van der Waals surface area contributed by atoms with Crippen molar-refractivity contribution in [2.45, 2.75) is 30.3 Å². The van der Waals surface area contributed by atoms with Gasteiger partial charge in [0.2, 0.25) is 0 Å². The van der Waals surface area contributed by atoms with Crippen LogP contribution in [0, 0.1) is 5.82 Å². The second-order valence-electron chi connectivity index (χ2n) is 7.90. The molecule has 1 fully saturated rings.